The zero-order chi connectivity index (χ0) is 16.2. The van der Waals surface area contributed by atoms with Crippen LogP contribution in [-0.4, -0.2) is 15.2 Å². The van der Waals surface area contributed by atoms with Gasteiger partial charge in [0.2, 0.25) is 5.16 Å². The Hall–Kier alpha value is -2.37. The molecule has 0 unspecified atom stereocenters. The standard InChI is InChI=1S/C19H15N3S2/c1-2-5-15(6-3-1)16-10-8-14(9-11-16)13-24-19-20-18(21-22-19)17-7-4-12-23-17/h1-12H,13H2,(H,20,21,22). The summed E-state index contributed by atoms with van der Waals surface area (Å²) in [4.78, 5) is 5.65. The van der Waals surface area contributed by atoms with Crippen LogP contribution in [0.25, 0.3) is 21.8 Å². The third-order valence-electron chi connectivity index (χ3n) is 3.65. The minimum absolute atomic E-state index is 0.783. The molecule has 118 valence electrons. The zero-order valence-corrected chi connectivity index (χ0v) is 14.5. The van der Waals surface area contributed by atoms with E-state index in [2.05, 4.69) is 63.7 Å². The van der Waals surface area contributed by atoms with Gasteiger partial charge >= 0.3 is 0 Å². The molecule has 0 aliphatic rings. The van der Waals surface area contributed by atoms with E-state index in [0.29, 0.717) is 0 Å². The van der Waals surface area contributed by atoms with Crippen molar-refractivity contribution < 1.29 is 0 Å². The summed E-state index contributed by atoms with van der Waals surface area (Å²) in [7, 11) is 0. The number of thioether (sulfide) groups is 1. The van der Waals surface area contributed by atoms with Crippen LogP contribution in [0.15, 0.2) is 77.3 Å². The van der Waals surface area contributed by atoms with Crippen molar-refractivity contribution in [1.82, 2.24) is 15.2 Å². The Bertz CT molecular complexity index is 897. The van der Waals surface area contributed by atoms with Crippen LogP contribution < -0.4 is 0 Å². The van der Waals surface area contributed by atoms with Crippen LogP contribution in [0.5, 0.6) is 0 Å². The third kappa shape index (κ3) is 3.42. The second-order valence-corrected chi connectivity index (χ2v) is 7.19. The van der Waals surface area contributed by atoms with Crippen molar-refractivity contribution in [3.8, 4) is 21.8 Å². The van der Waals surface area contributed by atoms with Gasteiger partial charge in [-0.25, -0.2) is 4.98 Å². The number of thiophene rings is 1. The minimum atomic E-state index is 0.783. The summed E-state index contributed by atoms with van der Waals surface area (Å²) < 4.78 is 0. The first-order valence-electron chi connectivity index (χ1n) is 7.62. The van der Waals surface area contributed by atoms with Gasteiger partial charge in [0, 0.05) is 5.75 Å². The van der Waals surface area contributed by atoms with Crippen LogP contribution in [0.3, 0.4) is 0 Å². The fraction of sp³-hybridized carbons (Fsp3) is 0.0526. The molecule has 4 aromatic rings. The highest BCUT2D eigenvalue weighted by molar-refractivity contribution is 7.98. The monoisotopic (exact) mass is 349 g/mol. The number of benzene rings is 2. The molecule has 24 heavy (non-hydrogen) atoms. The van der Waals surface area contributed by atoms with E-state index in [4.69, 9.17) is 0 Å². The topological polar surface area (TPSA) is 41.6 Å². The maximum Gasteiger partial charge on any atom is 0.209 e. The normalized spacial score (nSPS) is 10.8. The fourth-order valence-electron chi connectivity index (χ4n) is 2.41. The molecule has 0 saturated heterocycles. The van der Waals surface area contributed by atoms with E-state index in [1.807, 2.05) is 23.6 Å². The van der Waals surface area contributed by atoms with E-state index in [1.54, 1.807) is 23.1 Å². The summed E-state index contributed by atoms with van der Waals surface area (Å²) in [6, 6.07) is 23.2. The molecule has 2 heterocycles. The molecule has 3 nitrogen and oxygen atoms in total. The van der Waals surface area contributed by atoms with E-state index < -0.39 is 0 Å². The second kappa shape index (κ2) is 7.03. The average Bonchev–Trinajstić information content (AvgIpc) is 3.33. The van der Waals surface area contributed by atoms with Crippen molar-refractivity contribution in [2.45, 2.75) is 10.9 Å². The van der Waals surface area contributed by atoms with Crippen molar-refractivity contribution in [3.05, 3.63) is 77.7 Å². The molecule has 0 amide bonds. The lowest BCUT2D eigenvalue weighted by molar-refractivity contribution is 0.973. The molecule has 0 fully saturated rings. The van der Waals surface area contributed by atoms with Gasteiger partial charge in [-0.3, -0.25) is 5.10 Å². The number of rotatable bonds is 5. The van der Waals surface area contributed by atoms with Gasteiger partial charge in [0.25, 0.3) is 0 Å². The molecule has 0 bridgehead atoms. The summed E-state index contributed by atoms with van der Waals surface area (Å²) in [6.45, 7) is 0. The fourth-order valence-corrected chi connectivity index (χ4v) is 3.82. The van der Waals surface area contributed by atoms with E-state index in [-0.39, 0.29) is 0 Å². The Morgan fingerprint density at radius 1 is 0.875 bits per heavy atom. The molecule has 0 spiro atoms. The number of nitrogens with one attached hydrogen (secondary N) is 1. The first-order valence-corrected chi connectivity index (χ1v) is 9.48. The van der Waals surface area contributed by atoms with Crippen LogP contribution in [0.4, 0.5) is 0 Å². The SMILES string of the molecule is c1ccc(-c2ccc(CSc3n[nH]c(-c4cccs4)n3)cc2)cc1. The number of aromatic nitrogens is 3. The summed E-state index contributed by atoms with van der Waals surface area (Å²) in [5.41, 5.74) is 3.75. The molecule has 4 rings (SSSR count). The second-order valence-electron chi connectivity index (χ2n) is 5.30. The number of H-pyrrole nitrogens is 1. The largest absolute Gasteiger partial charge is 0.257 e. The molecule has 2 aromatic carbocycles. The Balaban J connectivity index is 1.41. The first kappa shape index (κ1) is 15.2. The van der Waals surface area contributed by atoms with Gasteiger partial charge in [-0.2, -0.15) is 0 Å². The Morgan fingerprint density at radius 3 is 2.42 bits per heavy atom. The average molecular weight is 349 g/mol. The molecular formula is C19H15N3S2. The van der Waals surface area contributed by atoms with Gasteiger partial charge in [-0.15, -0.1) is 16.4 Å². The molecule has 0 aliphatic carbocycles. The van der Waals surface area contributed by atoms with Crippen LogP contribution >= 0.6 is 23.1 Å². The number of aromatic amines is 1. The smallest absolute Gasteiger partial charge is 0.209 e. The van der Waals surface area contributed by atoms with Gasteiger partial charge in [-0.1, -0.05) is 72.4 Å². The van der Waals surface area contributed by atoms with Gasteiger partial charge in [0.15, 0.2) is 5.82 Å². The first-order chi connectivity index (χ1) is 11.9. The Morgan fingerprint density at radius 2 is 1.67 bits per heavy atom. The van der Waals surface area contributed by atoms with Crippen LogP contribution in [-0.2, 0) is 5.75 Å². The lowest BCUT2D eigenvalue weighted by Crippen LogP contribution is -1.83. The zero-order valence-electron chi connectivity index (χ0n) is 12.8. The molecule has 1 N–H and O–H groups in total. The van der Waals surface area contributed by atoms with Gasteiger partial charge in [0.05, 0.1) is 4.88 Å². The summed E-state index contributed by atoms with van der Waals surface area (Å²) >= 11 is 3.30. The van der Waals surface area contributed by atoms with Crippen molar-refractivity contribution in [3.63, 3.8) is 0 Å². The molecule has 0 aliphatic heterocycles. The summed E-state index contributed by atoms with van der Waals surface area (Å²) in [5.74, 6) is 1.70. The predicted octanol–water partition coefficient (Wildman–Crippen LogP) is 5.49. The number of hydrogen-bond donors (Lipinski definition) is 1. The summed E-state index contributed by atoms with van der Waals surface area (Å²) in [5, 5.41) is 10.1. The maximum absolute atomic E-state index is 4.54. The molecule has 5 heteroatoms. The highest BCUT2D eigenvalue weighted by atomic mass is 32.2. The maximum atomic E-state index is 4.54. The van der Waals surface area contributed by atoms with Crippen LogP contribution in [0.2, 0.25) is 0 Å². The molecule has 0 atom stereocenters. The van der Waals surface area contributed by atoms with E-state index in [0.717, 1.165) is 21.6 Å². The van der Waals surface area contributed by atoms with Crippen LogP contribution in [0, 0.1) is 0 Å². The lowest BCUT2D eigenvalue weighted by atomic mass is 10.0. The quantitative estimate of drug-likeness (QED) is 0.484. The Kier molecular flexibility index (Phi) is 4.44. The van der Waals surface area contributed by atoms with Gasteiger partial charge < -0.3 is 0 Å². The highest BCUT2D eigenvalue weighted by Gasteiger charge is 2.07. The molecule has 0 radical (unpaired) electrons. The van der Waals surface area contributed by atoms with Crippen molar-refractivity contribution in [2.24, 2.45) is 0 Å². The number of hydrogen-bond acceptors (Lipinski definition) is 4. The van der Waals surface area contributed by atoms with E-state index in [9.17, 15) is 0 Å². The van der Waals surface area contributed by atoms with Crippen molar-refractivity contribution >= 4 is 23.1 Å². The number of nitrogens with zero attached hydrogens (tertiary/aromatic N) is 2. The van der Waals surface area contributed by atoms with Crippen molar-refractivity contribution in [1.29, 1.82) is 0 Å². The Labute approximate surface area is 148 Å². The highest BCUT2D eigenvalue weighted by Crippen LogP contribution is 2.26. The minimum Gasteiger partial charge on any atom is -0.257 e. The molecule has 2 aromatic heterocycles. The molecular weight excluding hydrogens is 334 g/mol. The van der Waals surface area contributed by atoms with E-state index in [1.165, 1.54) is 16.7 Å². The predicted molar refractivity (Wildman–Crippen MR) is 101 cm³/mol. The van der Waals surface area contributed by atoms with Gasteiger partial charge in [-0.05, 0) is 28.1 Å². The third-order valence-corrected chi connectivity index (χ3v) is 5.44. The molecule has 0 saturated carbocycles. The lowest BCUT2D eigenvalue weighted by Gasteiger charge is -2.03. The van der Waals surface area contributed by atoms with Gasteiger partial charge in [0.1, 0.15) is 0 Å². The van der Waals surface area contributed by atoms with E-state index >= 15 is 0 Å². The summed E-state index contributed by atoms with van der Waals surface area (Å²) in [6.07, 6.45) is 0. The van der Waals surface area contributed by atoms with Crippen molar-refractivity contribution in [2.75, 3.05) is 0 Å². The van der Waals surface area contributed by atoms with Crippen LogP contribution in [0.1, 0.15) is 5.56 Å².